The molecule has 1 aliphatic rings. The summed E-state index contributed by atoms with van der Waals surface area (Å²) in [4.78, 5) is 23.7. The Kier molecular flexibility index (Phi) is 4.74. The van der Waals surface area contributed by atoms with E-state index in [1.54, 1.807) is 7.05 Å². The summed E-state index contributed by atoms with van der Waals surface area (Å²) in [6, 6.07) is 7.52. The summed E-state index contributed by atoms with van der Waals surface area (Å²) in [5.74, 6) is -0.0880. The fraction of sp³-hybridized carbons (Fsp3) is 0.467. The summed E-state index contributed by atoms with van der Waals surface area (Å²) in [6.45, 7) is 0. The second-order valence-corrected chi connectivity index (χ2v) is 5.27. The number of hydrogen-bond donors (Lipinski definition) is 3. The van der Waals surface area contributed by atoms with Crippen LogP contribution in [0, 0.1) is 5.92 Å². The number of likely N-dealkylation sites (N-methyl/N-ethyl adjacent to an activating group) is 1. The fourth-order valence-electron chi connectivity index (χ4n) is 2.55. The minimum absolute atomic E-state index is 0.00214. The molecule has 0 saturated heterocycles. The first-order chi connectivity index (χ1) is 9.60. The number of carbonyl (C=O) groups excluding carboxylic acids is 2. The molecule has 0 radical (unpaired) electrons. The van der Waals surface area contributed by atoms with Crippen LogP contribution in [0.15, 0.2) is 24.3 Å². The molecule has 108 valence electrons. The molecule has 0 bridgehead atoms. The summed E-state index contributed by atoms with van der Waals surface area (Å²) < 4.78 is 0. The third-order valence-corrected chi connectivity index (χ3v) is 3.75. The number of amides is 2. The van der Waals surface area contributed by atoms with E-state index in [9.17, 15) is 9.59 Å². The minimum atomic E-state index is -0.0745. The lowest BCUT2D eigenvalue weighted by atomic mass is 10.1. The molecule has 0 heterocycles. The van der Waals surface area contributed by atoms with Crippen molar-refractivity contribution in [2.75, 3.05) is 12.4 Å². The molecule has 5 heteroatoms. The molecule has 4 N–H and O–H groups in total. The van der Waals surface area contributed by atoms with E-state index in [4.69, 9.17) is 5.73 Å². The molecule has 0 aliphatic heterocycles. The van der Waals surface area contributed by atoms with Crippen molar-refractivity contribution in [1.82, 2.24) is 5.32 Å². The average Bonchev–Trinajstić information content (AvgIpc) is 2.87. The van der Waals surface area contributed by atoms with E-state index < -0.39 is 0 Å². The van der Waals surface area contributed by atoms with Crippen LogP contribution in [-0.4, -0.2) is 24.9 Å². The van der Waals surface area contributed by atoms with E-state index in [0.29, 0.717) is 5.69 Å². The van der Waals surface area contributed by atoms with Gasteiger partial charge >= 0.3 is 0 Å². The lowest BCUT2D eigenvalue weighted by molar-refractivity contribution is -0.120. The fourth-order valence-corrected chi connectivity index (χ4v) is 2.55. The Morgan fingerprint density at radius 2 is 2.05 bits per heavy atom. The predicted octanol–water partition coefficient (Wildman–Crippen LogP) is 1.04. The summed E-state index contributed by atoms with van der Waals surface area (Å²) in [6.07, 6.45) is 2.74. The van der Waals surface area contributed by atoms with Crippen molar-refractivity contribution in [3.8, 4) is 0 Å². The Labute approximate surface area is 118 Å². The zero-order valence-corrected chi connectivity index (χ0v) is 11.7. The van der Waals surface area contributed by atoms with Crippen molar-refractivity contribution in [1.29, 1.82) is 0 Å². The van der Waals surface area contributed by atoms with Gasteiger partial charge in [-0.05, 0) is 30.9 Å². The molecule has 1 aromatic rings. The Hall–Kier alpha value is -1.88. The quantitative estimate of drug-likeness (QED) is 0.767. The van der Waals surface area contributed by atoms with Crippen LogP contribution in [0.5, 0.6) is 0 Å². The first-order valence-electron chi connectivity index (χ1n) is 6.95. The Bertz CT molecular complexity index is 502. The van der Waals surface area contributed by atoms with Crippen molar-refractivity contribution >= 4 is 17.5 Å². The van der Waals surface area contributed by atoms with Gasteiger partial charge in [0.25, 0.3) is 0 Å². The highest BCUT2D eigenvalue weighted by Crippen LogP contribution is 2.26. The van der Waals surface area contributed by atoms with E-state index in [0.717, 1.165) is 24.8 Å². The van der Waals surface area contributed by atoms with Gasteiger partial charge in [0, 0.05) is 24.7 Å². The number of nitrogens with one attached hydrogen (secondary N) is 2. The molecule has 0 aromatic heterocycles. The van der Waals surface area contributed by atoms with Crippen molar-refractivity contribution < 1.29 is 9.59 Å². The molecule has 2 amide bonds. The van der Waals surface area contributed by atoms with Crippen molar-refractivity contribution in [3.63, 3.8) is 0 Å². The van der Waals surface area contributed by atoms with Gasteiger partial charge < -0.3 is 16.4 Å². The summed E-state index contributed by atoms with van der Waals surface area (Å²) in [5, 5.41) is 5.51. The van der Waals surface area contributed by atoms with Gasteiger partial charge in [-0.1, -0.05) is 18.2 Å². The molecule has 1 saturated carbocycles. The summed E-state index contributed by atoms with van der Waals surface area (Å²) >= 11 is 0. The second-order valence-electron chi connectivity index (χ2n) is 5.27. The molecule has 5 nitrogen and oxygen atoms in total. The average molecular weight is 275 g/mol. The first kappa shape index (κ1) is 14.5. The van der Waals surface area contributed by atoms with Crippen LogP contribution in [-0.2, 0) is 16.0 Å². The molecule has 1 aliphatic carbocycles. The molecule has 2 unspecified atom stereocenters. The highest BCUT2D eigenvalue weighted by atomic mass is 16.2. The van der Waals surface area contributed by atoms with Gasteiger partial charge in [0.05, 0.1) is 6.42 Å². The molecular formula is C15H21N3O2. The number of rotatable bonds is 4. The minimum Gasteiger partial charge on any atom is -0.359 e. The second kappa shape index (κ2) is 6.52. The monoisotopic (exact) mass is 275 g/mol. The molecule has 0 spiro atoms. The maximum atomic E-state index is 12.2. The van der Waals surface area contributed by atoms with Gasteiger partial charge in [-0.3, -0.25) is 9.59 Å². The van der Waals surface area contributed by atoms with Gasteiger partial charge in [-0.25, -0.2) is 0 Å². The van der Waals surface area contributed by atoms with E-state index in [-0.39, 0.29) is 30.2 Å². The van der Waals surface area contributed by atoms with Gasteiger partial charge in [0.2, 0.25) is 11.8 Å². The summed E-state index contributed by atoms with van der Waals surface area (Å²) in [5.41, 5.74) is 7.37. The molecule has 2 rings (SSSR count). The van der Waals surface area contributed by atoms with Crippen LogP contribution in [0.4, 0.5) is 5.69 Å². The highest BCUT2D eigenvalue weighted by molar-refractivity contribution is 5.94. The predicted molar refractivity (Wildman–Crippen MR) is 78.2 cm³/mol. The van der Waals surface area contributed by atoms with Gasteiger partial charge in [0.1, 0.15) is 0 Å². The zero-order chi connectivity index (χ0) is 14.5. The third kappa shape index (κ3) is 3.57. The highest BCUT2D eigenvalue weighted by Gasteiger charge is 2.28. The van der Waals surface area contributed by atoms with Crippen LogP contribution in [0.3, 0.4) is 0 Å². The molecule has 1 fully saturated rings. The standard InChI is InChI=1S/C15H21N3O2/c1-17-14(19)9-10-4-2-3-5-13(10)18-15(20)11-6-7-12(16)8-11/h2-5,11-12H,6-9,16H2,1H3,(H,17,19)(H,18,20). The van der Waals surface area contributed by atoms with Crippen molar-refractivity contribution in [3.05, 3.63) is 29.8 Å². The third-order valence-electron chi connectivity index (χ3n) is 3.75. The maximum Gasteiger partial charge on any atom is 0.227 e. The van der Waals surface area contributed by atoms with Gasteiger partial charge in [-0.15, -0.1) is 0 Å². The van der Waals surface area contributed by atoms with Crippen LogP contribution >= 0.6 is 0 Å². The van der Waals surface area contributed by atoms with E-state index in [1.165, 1.54) is 0 Å². The van der Waals surface area contributed by atoms with E-state index >= 15 is 0 Å². The number of benzene rings is 1. The lowest BCUT2D eigenvalue weighted by Gasteiger charge is -2.14. The lowest BCUT2D eigenvalue weighted by Crippen LogP contribution is -2.25. The Morgan fingerprint density at radius 3 is 2.70 bits per heavy atom. The van der Waals surface area contributed by atoms with Crippen LogP contribution in [0.25, 0.3) is 0 Å². The Morgan fingerprint density at radius 1 is 1.30 bits per heavy atom. The van der Waals surface area contributed by atoms with Crippen molar-refractivity contribution in [2.45, 2.75) is 31.7 Å². The molecule has 20 heavy (non-hydrogen) atoms. The number of carbonyl (C=O) groups is 2. The normalized spacial score (nSPS) is 21.5. The van der Waals surface area contributed by atoms with Crippen LogP contribution in [0.2, 0.25) is 0 Å². The molecule has 2 atom stereocenters. The van der Waals surface area contributed by atoms with Gasteiger partial charge in [0.15, 0.2) is 0 Å². The van der Waals surface area contributed by atoms with E-state index in [2.05, 4.69) is 10.6 Å². The molecule has 1 aromatic carbocycles. The Balaban J connectivity index is 2.05. The number of anilines is 1. The summed E-state index contributed by atoms with van der Waals surface area (Å²) in [7, 11) is 1.60. The largest absolute Gasteiger partial charge is 0.359 e. The number of nitrogens with two attached hydrogens (primary N) is 1. The van der Waals surface area contributed by atoms with E-state index in [1.807, 2.05) is 24.3 Å². The molecular weight excluding hydrogens is 254 g/mol. The first-order valence-corrected chi connectivity index (χ1v) is 6.95. The van der Waals surface area contributed by atoms with Crippen LogP contribution < -0.4 is 16.4 Å². The maximum absolute atomic E-state index is 12.2. The topological polar surface area (TPSA) is 84.2 Å². The SMILES string of the molecule is CNC(=O)Cc1ccccc1NC(=O)C1CCC(N)C1. The zero-order valence-electron chi connectivity index (χ0n) is 11.7. The number of hydrogen-bond acceptors (Lipinski definition) is 3. The number of para-hydroxylation sites is 1. The van der Waals surface area contributed by atoms with Gasteiger partial charge in [-0.2, -0.15) is 0 Å². The van der Waals surface area contributed by atoms with Crippen LogP contribution in [0.1, 0.15) is 24.8 Å². The smallest absolute Gasteiger partial charge is 0.227 e. The van der Waals surface area contributed by atoms with Crippen molar-refractivity contribution in [2.24, 2.45) is 11.7 Å².